The number of carboxylic acids is 1. The summed E-state index contributed by atoms with van der Waals surface area (Å²) in [6.45, 7) is 0.208. The summed E-state index contributed by atoms with van der Waals surface area (Å²) in [5.74, 6) is -4.17. The Morgan fingerprint density at radius 3 is 2.66 bits per heavy atom. The second-order valence-electron chi connectivity index (χ2n) is 9.42. The summed E-state index contributed by atoms with van der Waals surface area (Å²) < 4.78 is 5.47. The number of nitrogen functional groups attached to an aromatic ring is 1. The first-order valence-electron chi connectivity index (χ1n) is 12.0. The van der Waals surface area contributed by atoms with Gasteiger partial charge in [-0.3, -0.25) is 19.3 Å². The molecule has 38 heavy (non-hydrogen) atoms. The number of imide groups is 1. The molecule has 1 saturated heterocycles. The summed E-state index contributed by atoms with van der Waals surface area (Å²) in [4.78, 5) is 69.4. The summed E-state index contributed by atoms with van der Waals surface area (Å²) in [6.07, 6.45) is 1.54. The van der Waals surface area contributed by atoms with E-state index in [0.717, 1.165) is 29.1 Å². The zero-order valence-electron chi connectivity index (χ0n) is 20.0. The van der Waals surface area contributed by atoms with Crippen molar-refractivity contribution in [2.75, 3.05) is 18.8 Å². The second-order valence-corrected chi connectivity index (χ2v) is 10.3. The summed E-state index contributed by atoms with van der Waals surface area (Å²) in [6, 6.07) is 2.36. The van der Waals surface area contributed by atoms with Gasteiger partial charge in [0.1, 0.15) is 11.8 Å². The van der Waals surface area contributed by atoms with Crippen LogP contribution in [0.25, 0.3) is 0 Å². The first-order valence-corrected chi connectivity index (χ1v) is 12.9. The van der Waals surface area contributed by atoms with E-state index in [1.165, 1.54) is 16.3 Å². The van der Waals surface area contributed by atoms with Gasteiger partial charge in [0.05, 0.1) is 11.3 Å². The van der Waals surface area contributed by atoms with Gasteiger partial charge in [0.2, 0.25) is 0 Å². The number of thiazole rings is 1. The van der Waals surface area contributed by atoms with Crippen molar-refractivity contribution in [1.29, 1.82) is 0 Å². The highest BCUT2D eigenvalue weighted by Crippen LogP contribution is 2.37. The van der Waals surface area contributed by atoms with Crippen molar-refractivity contribution in [3.8, 4) is 5.75 Å². The number of fused-ring (bicyclic) bond motifs is 1. The number of hydrogen-bond acceptors (Lipinski definition) is 10. The lowest BCUT2D eigenvalue weighted by Crippen LogP contribution is -2.59. The van der Waals surface area contributed by atoms with Gasteiger partial charge < -0.3 is 30.7 Å². The van der Waals surface area contributed by atoms with Crippen LogP contribution in [0.3, 0.4) is 0 Å². The Balaban J connectivity index is 1.32. The summed E-state index contributed by atoms with van der Waals surface area (Å²) >= 11 is 1.06. The molecule has 1 unspecified atom stereocenters. The SMILES string of the molecule is Nc1nc(C(NC(=O)N2CCN(C3CC3)C(=O)C2=O)C(=O)C[C@H]2Cc3cccc(C(=O)O)c3OB2O)cs1. The van der Waals surface area contributed by atoms with Crippen LogP contribution in [-0.4, -0.2) is 80.8 Å². The van der Waals surface area contributed by atoms with E-state index in [9.17, 15) is 34.1 Å². The molecule has 0 spiro atoms. The molecule has 1 saturated carbocycles. The maximum absolute atomic E-state index is 13.4. The van der Waals surface area contributed by atoms with Crippen LogP contribution in [0.1, 0.15) is 46.9 Å². The molecule has 2 aromatic rings. The van der Waals surface area contributed by atoms with E-state index in [0.29, 0.717) is 5.56 Å². The Kier molecular flexibility index (Phi) is 6.79. The van der Waals surface area contributed by atoms with Crippen LogP contribution in [0, 0.1) is 0 Å². The van der Waals surface area contributed by atoms with Crippen molar-refractivity contribution in [3.63, 3.8) is 0 Å². The number of benzene rings is 1. The first kappa shape index (κ1) is 25.7. The average molecular weight is 541 g/mol. The minimum atomic E-state index is -1.47. The van der Waals surface area contributed by atoms with Gasteiger partial charge in [0, 0.05) is 36.7 Å². The van der Waals surface area contributed by atoms with Crippen LogP contribution in [-0.2, 0) is 20.8 Å². The number of para-hydroxylation sites is 1. The lowest BCUT2D eigenvalue weighted by atomic mass is 9.64. The quantitative estimate of drug-likeness (QED) is 0.283. The van der Waals surface area contributed by atoms with E-state index in [1.807, 2.05) is 0 Å². The average Bonchev–Trinajstić information content (AvgIpc) is 3.63. The molecule has 13 nitrogen and oxygen atoms in total. The van der Waals surface area contributed by atoms with Crippen molar-refractivity contribution < 1.29 is 38.8 Å². The van der Waals surface area contributed by atoms with Gasteiger partial charge in [-0.2, -0.15) is 0 Å². The predicted molar refractivity (Wildman–Crippen MR) is 133 cm³/mol. The maximum atomic E-state index is 13.4. The highest BCUT2D eigenvalue weighted by atomic mass is 32.1. The lowest BCUT2D eigenvalue weighted by molar-refractivity contribution is -0.154. The highest BCUT2D eigenvalue weighted by Gasteiger charge is 2.44. The van der Waals surface area contributed by atoms with Gasteiger partial charge in [-0.25, -0.2) is 14.6 Å². The van der Waals surface area contributed by atoms with E-state index < -0.39 is 48.6 Å². The zero-order valence-corrected chi connectivity index (χ0v) is 20.8. The number of urea groups is 1. The molecule has 198 valence electrons. The Hall–Kier alpha value is -3.98. The number of rotatable bonds is 7. The van der Waals surface area contributed by atoms with Crippen molar-refractivity contribution in [2.45, 2.75) is 43.6 Å². The number of nitrogens with one attached hydrogen (secondary N) is 1. The minimum Gasteiger partial charge on any atom is -0.535 e. The molecule has 2 fully saturated rings. The van der Waals surface area contributed by atoms with E-state index in [1.54, 1.807) is 12.1 Å². The summed E-state index contributed by atoms with van der Waals surface area (Å²) in [5.41, 5.74) is 6.31. The van der Waals surface area contributed by atoms with E-state index in [-0.39, 0.29) is 54.1 Å². The van der Waals surface area contributed by atoms with E-state index >= 15 is 0 Å². The standard InChI is InChI=1S/C23H24BN5O8S/c25-22-26-15(10-38-22)17(27-23(35)29-7-6-28(13-4-5-13)19(31)20(29)32)16(30)9-12-8-11-2-1-3-14(21(33)34)18(11)37-24(12)36/h1-3,10,12-13,17,36H,4-9H2,(H2,25,26)(H,27,35)(H,33,34)/t12-,17?/m1/s1. The number of anilines is 1. The maximum Gasteiger partial charge on any atom is 0.526 e. The molecule has 5 N–H and O–H groups in total. The van der Waals surface area contributed by atoms with Gasteiger partial charge in [0.15, 0.2) is 10.9 Å². The van der Waals surface area contributed by atoms with Crippen LogP contribution in [0.2, 0.25) is 5.82 Å². The number of Topliss-reactive ketones (excluding diaryl/α,β-unsaturated/α-hetero) is 1. The number of hydrogen-bond donors (Lipinski definition) is 4. The topological polar surface area (TPSA) is 192 Å². The number of nitrogens with zero attached hydrogens (tertiary/aromatic N) is 3. The third-order valence-corrected chi connectivity index (χ3v) is 7.52. The minimum absolute atomic E-state index is 0.00903. The largest absolute Gasteiger partial charge is 0.535 e. The van der Waals surface area contributed by atoms with E-state index in [2.05, 4.69) is 10.3 Å². The molecule has 5 rings (SSSR count). The Bertz CT molecular complexity index is 1330. The number of carbonyl (C=O) groups is 5. The smallest absolute Gasteiger partial charge is 0.526 e. The Morgan fingerprint density at radius 1 is 1.24 bits per heavy atom. The van der Waals surface area contributed by atoms with Crippen LogP contribution >= 0.6 is 11.3 Å². The molecule has 2 aliphatic heterocycles. The van der Waals surface area contributed by atoms with E-state index in [4.69, 9.17) is 10.4 Å². The van der Waals surface area contributed by atoms with Gasteiger partial charge in [-0.05, 0) is 30.9 Å². The molecule has 0 radical (unpaired) electrons. The van der Waals surface area contributed by atoms with Gasteiger partial charge in [0.25, 0.3) is 0 Å². The number of carboxylic acid groups (broad SMARTS) is 1. The monoisotopic (exact) mass is 541 g/mol. The molecule has 2 atom stereocenters. The fourth-order valence-corrected chi connectivity index (χ4v) is 5.32. The number of nitrogens with two attached hydrogens (primary N) is 1. The Labute approximate surface area is 220 Å². The molecular formula is C23H24BN5O8S. The highest BCUT2D eigenvalue weighted by molar-refractivity contribution is 7.13. The summed E-state index contributed by atoms with van der Waals surface area (Å²) in [7, 11) is -1.47. The first-order chi connectivity index (χ1) is 18.1. The predicted octanol–water partition coefficient (Wildman–Crippen LogP) is 0.452. The molecular weight excluding hydrogens is 517 g/mol. The van der Waals surface area contributed by atoms with Crippen LogP contribution in [0.15, 0.2) is 23.6 Å². The third kappa shape index (κ3) is 4.94. The Morgan fingerprint density at radius 2 is 2.00 bits per heavy atom. The molecule has 3 aliphatic rings. The fourth-order valence-electron chi connectivity index (χ4n) is 4.73. The number of carbonyl (C=O) groups excluding carboxylic acids is 4. The van der Waals surface area contributed by atoms with Crippen LogP contribution in [0.5, 0.6) is 5.75 Å². The van der Waals surface area contributed by atoms with Crippen molar-refractivity contribution in [1.82, 2.24) is 20.1 Å². The summed E-state index contributed by atoms with van der Waals surface area (Å²) in [5, 5.41) is 24.1. The number of aromatic carboxylic acids is 1. The van der Waals surface area contributed by atoms with Crippen LogP contribution < -0.4 is 15.7 Å². The molecule has 1 aromatic carbocycles. The molecule has 1 aromatic heterocycles. The normalized spacial score (nSPS) is 20.0. The van der Waals surface area contributed by atoms with Gasteiger partial charge >= 0.3 is 30.9 Å². The molecule has 4 amide bonds. The van der Waals surface area contributed by atoms with Crippen molar-refractivity contribution in [3.05, 3.63) is 40.4 Å². The fraction of sp³-hybridized carbons (Fsp3) is 0.391. The molecule has 15 heteroatoms. The van der Waals surface area contributed by atoms with Gasteiger partial charge in [-0.15, -0.1) is 11.3 Å². The number of ketones is 1. The number of piperazine rings is 1. The molecule has 1 aliphatic carbocycles. The van der Waals surface area contributed by atoms with Crippen molar-refractivity contribution >= 4 is 53.2 Å². The second kappa shape index (κ2) is 10.1. The lowest BCUT2D eigenvalue weighted by Gasteiger charge is -2.33. The number of amides is 4. The molecule has 3 heterocycles. The van der Waals surface area contributed by atoms with Crippen LogP contribution in [0.4, 0.5) is 9.93 Å². The third-order valence-electron chi connectivity index (χ3n) is 6.83. The zero-order chi connectivity index (χ0) is 27.1. The van der Waals surface area contributed by atoms with Crippen molar-refractivity contribution in [2.24, 2.45) is 0 Å². The molecule has 0 bridgehead atoms. The number of aromatic nitrogens is 1. The van der Waals surface area contributed by atoms with Gasteiger partial charge in [-0.1, -0.05) is 12.1 Å².